The number of halogens is 1. The Morgan fingerprint density at radius 2 is 1.92 bits per heavy atom. The summed E-state index contributed by atoms with van der Waals surface area (Å²) in [7, 11) is -3.46. The quantitative estimate of drug-likeness (QED) is 0.864. The molecule has 1 aliphatic heterocycles. The number of fused-ring (bicyclic) bond motifs is 1. The summed E-state index contributed by atoms with van der Waals surface area (Å²) in [6, 6.07) is 14.0. The van der Waals surface area contributed by atoms with Crippen LogP contribution in [0.1, 0.15) is 12.0 Å². The zero-order valence-corrected chi connectivity index (χ0v) is 15.8. The van der Waals surface area contributed by atoms with Gasteiger partial charge in [0.05, 0.1) is 11.9 Å². The number of benzene rings is 2. The Balaban J connectivity index is 1.74. The van der Waals surface area contributed by atoms with E-state index in [2.05, 4.69) is 5.32 Å². The fourth-order valence-electron chi connectivity index (χ4n) is 2.76. The molecule has 2 aromatic carbocycles. The van der Waals surface area contributed by atoms with Gasteiger partial charge in [0.15, 0.2) is 6.10 Å². The average Bonchev–Trinajstić information content (AvgIpc) is 2.80. The average molecular weight is 395 g/mol. The number of hydrogen-bond acceptors (Lipinski definition) is 4. The maximum Gasteiger partial charge on any atom is 0.261 e. The number of hydrogen-bond donors (Lipinski definition) is 1. The van der Waals surface area contributed by atoms with E-state index < -0.39 is 16.1 Å². The van der Waals surface area contributed by atoms with Crippen molar-refractivity contribution in [2.45, 2.75) is 19.1 Å². The Morgan fingerprint density at radius 3 is 2.62 bits per heavy atom. The minimum absolute atomic E-state index is 0.175. The van der Waals surface area contributed by atoms with Gasteiger partial charge in [-0.2, -0.15) is 0 Å². The Kier molecular flexibility index (Phi) is 5.38. The molecule has 3 rings (SSSR count). The maximum absolute atomic E-state index is 12.5. The molecule has 0 saturated carbocycles. The highest BCUT2D eigenvalue weighted by Gasteiger charge is 2.30. The van der Waals surface area contributed by atoms with Gasteiger partial charge in [-0.3, -0.25) is 9.10 Å². The van der Waals surface area contributed by atoms with E-state index in [0.29, 0.717) is 23.0 Å². The topological polar surface area (TPSA) is 75.7 Å². The molecule has 0 unspecified atom stereocenters. The van der Waals surface area contributed by atoms with Gasteiger partial charge in [0.25, 0.3) is 5.91 Å². The molecule has 0 radical (unpaired) electrons. The van der Waals surface area contributed by atoms with Crippen molar-refractivity contribution in [1.82, 2.24) is 5.32 Å². The van der Waals surface area contributed by atoms with Crippen molar-refractivity contribution in [3.63, 3.8) is 0 Å². The van der Waals surface area contributed by atoms with Gasteiger partial charge in [0.2, 0.25) is 10.0 Å². The standard InChI is InChI=1S/C18H19ClN2O4S/c1-26(23,24)21-11-10-17(25-16-5-3-2-4-15(16)21)18(22)20-12-13-6-8-14(19)9-7-13/h2-9,17H,10-12H2,1H3,(H,20,22)/t17-/m1/s1. The number of rotatable bonds is 4. The number of nitrogens with zero attached hydrogens (tertiary/aromatic N) is 1. The van der Waals surface area contributed by atoms with Crippen molar-refractivity contribution < 1.29 is 17.9 Å². The van der Waals surface area contributed by atoms with E-state index in [1.165, 1.54) is 4.31 Å². The molecule has 1 heterocycles. The van der Waals surface area contributed by atoms with Crippen LogP contribution in [-0.4, -0.2) is 33.2 Å². The van der Waals surface area contributed by atoms with Crippen molar-refractivity contribution in [2.75, 3.05) is 17.1 Å². The van der Waals surface area contributed by atoms with Crippen LogP contribution < -0.4 is 14.4 Å². The molecule has 0 saturated heterocycles. The van der Waals surface area contributed by atoms with Crippen LogP contribution in [-0.2, 0) is 21.4 Å². The third kappa shape index (κ3) is 4.28. The number of amides is 1. The van der Waals surface area contributed by atoms with Gasteiger partial charge in [-0.1, -0.05) is 35.9 Å². The van der Waals surface area contributed by atoms with E-state index in [4.69, 9.17) is 16.3 Å². The molecule has 26 heavy (non-hydrogen) atoms. The highest BCUT2D eigenvalue weighted by atomic mass is 35.5. The first-order valence-corrected chi connectivity index (χ1v) is 10.3. The summed E-state index contributed by atoms with van der Waals surface area (Å²) in [5.41, 5.74) is 1.36. The predicted octanol–water partition coefficient (Wildman–Crippen LogP) is 2.57. The first-order valence-electron chi connectivity index (χ1n) is 8.10. The number of anilines is 1. The lowest BCUT2D eigenvalue weighted by atomic mass is 10.2. The number of ether oxygens (including phenoxy) is 1. The molecule has 0 aromatic heterocycles. The van der Waals surface area contributed by atoms with Gasteiger partial charge in [-0.25, -0.2) is 8.42 Å². The number of carbonyl (C=O) groups excluding carboxylic acids is 1. The highest BCUT2D eigenvalue weighted by Crippen LogP contribution is 2.33. The fraction of sp³-hybridized carbons (Fsp3) is 0.278. The summed E-state index contributed by atoms with van der Waals surface area (Å²) >= 11 is 5.85. The molecule has 6 nitrogen and oxygen atoms in total. The third-order valence-corrected chi connectivity index (χ3v) is 5.50. The second-order valence-electron chi connectivity index (χ2n) is 6.04. The molecule has 1 atom stereocenters. The van der Waals surface area contributed by atoms with Crippen LogP contribution >= 0.6 is 11.6 Å². The van der Waals surface area contributed by atoms with E-state index in [-0.39, 0.29) is 18.9 Å². The van der Waals surface area contributed by atoms with Crippen molar-refractivity contribution >= 4 is 33.2 Å². The van der Waals surface area contributed by atoms with E-state index >= 15 is 0 Å². The molecular formula is C18H19ClN2O4S. The van der Waals surface area contributed by atoms with E-state index in [9.17, 15) is 13.2 Å². The summed E-state index contributed by atoms with van der Waals surface area (Å²) in [4.78, 5) is 12.5. The molecule has 1 amide bonds. The van der Waals surface area contributed by atoms with Gasteiger partial charge < -0.3 is 10.1 Å². The van der Waals surface area contributed by atoms with E-state index in [1.807, 2.05) is 12.1 Å². The van der Waals surface area contributed by atoms with Crippen LogP contribution in [0, 0.1) is 0 Å². The zero-order chi connectivity index (χ0) is 18.7. The summed E-state index contributed by atoms with van der Waals surface area (Å²) in [5.74, 6) is 0.0900. The molecular weight excluding hydrogens is 376 g/mol. The van der Waals surface area contributed by atoms with Gasteiger partial charge in [0, 0.05) is 24.5 Å². The first kappa shape index (κ1) is 18.5. The molecule has 138 valence electrons. The first-order chi connectivity index (χ1) is 12.3. The Bertz CT molecular complexity index is 900. The van der Waals surface area contributed by atoms with Gasteiger partial charge in [0.1, 0.15) is 5.75 Å². The fourth-order valence-corrected chi connectivity index (χ4v) is 3.84. The van der Waals surface area contributed by atoms with Crippen molar-refractivity contribution in [2.24, 2.45) is 0 Å². The number of nitrogens with one attached hydrogen (secondary N) is 1. The summed E-state index contributed by atoms with van der Waals surface area (Å²) < 4.78 is 31.2. The molecule has 2 aromatic rings. The molecule has 1 aliphatic rings. The summed E-state index contributed by atoms with van der Waals surface area (Å²) in [6.45, 7) is 0.516. The molecule has 0 aliphatic carbocycles. The minimum atomic E-state index is -3.46. The second-order valence-corrected chi connectivity index (χ2v) is 8.39. The maximum atomic E-state index is 12.5. The Morgan fingerprint density at radius 1 is 1.23 bits per heavy atom. The van der Waals surface area contributed by atoms with Gasteiger partial charge >= 0.3 is 0 Å². The number of sulfonamides is 1. The monoisotopic (exact) mass is 394 g/mol. The Hall–Kier alpha value is -2.25. The van der Waals surface area contributed by atoms with Crippen LogP contribution in [0.5, 0.6) is 5.75 Å². The van der Waals surface area contributed by atoms with E-state index in [1.54, 1.807) is 36.4 Å². The van der Waals surface area contributed by atoms with Gasteiger partial charge in [-0.05, 0) is 29.8 Å². The molecule has 0 fully saturated rings. The normalized spacial score (nSPS) is 17.0. The second kappa shape index (κ2) is 7.55. The Labute approximate surface area is 157 Å². The summed E-state index contributed by atoms with van der Waals surface area (Å²) in [5, 5.41) is 3.45. The van der Waals surface area contributed by atoms with Crippen LogP contribution in [0.4, 0.5) is 5.69 Å². The van der Waals surface area contributed by atoms with E-state index in [0.717, 1.165) is 11.8 Å². The van der Waals surface area contributed by atoms with Crippen molar-refractivity contribution in [3.8, 4) is 5.75 Å². The largest absolute Gasteiger partial charge is 0.478 e. The van der Waals surface area contributed by atoms with Crippen LogP contribution in [0.15, 0.2) is 48.5 Å². The lowest BCUT2D eigenvalue weighted by molar-refractivity contribution is -0.128. The smallest absolute Gasteiger partial charge is 0.261 e. The summed E-state index contributed by atoms with van der Waals surface area (Å²) in [6.07, 6.45) is 0.633. The third-order valence-electron chi connectivity index (χ3n) is 4.07. The van der Waals surface area contributed by atoms with Crippen LogP contribution in [0.25, 0.3) is 0 Å². The lowest BCUT2D eigenvalue weighted by Crippen LogP contribution is -2.39. The predicted molar refractivity (Wildman–Crippen MR) is 101 cm³/mol. The number of carbonyl (C=O) groups is 1. The lowest BCUT2D eigenvalue weighted by Gasteiger charge is -2.20. The molecule has 0 bridgehead atoms. The molecule has 8 heteroatoms. The van der Waals surface area contributed by atoms with Crippen molar-refractivity contribution in [3.05, 3.63) is 59.1 Å². The van der Waals surface area contributed by atoms with Crippen LogP contribution in [0.2, 0.25) is 5.02 Å². The molecule has 0 spiro atoms. The van der Waals surface area contributed by atoms with Crippen molar-refractivity contribution in [1.29, 1.82) is 0 Å². The highest BCUT2D eigenvalue weighted by molar-refractivity contribution is 7.92. The minimum Gasteiger partial charge on any atom is -0.478 e. The zero-order valence-electron chi connectivity index (χ0n) is 14.2. The molecule has 1 N–H and O–H groups in total. The van der Waals surface area contributed by atoms with Crippen LogP contribution in [0.3, 0.4) is 0 Å². The number of para-hydroxylation sites is 2. The van der Waals surface area contributed by atoms with Gasteiger partial charge in [-0.15, -0.1) is 0 Å². The SMILES string of the molecule is CS(=O)(=O)N1CC[C@H](C(=O)NCc2ccc(Cl)cc2)Oc2ccccc21.